The van der Waals surface area contributed by atoms with Gasteiger partial charge >= 0.3 is 35.8 Å². The smallest absolute Gasteiger partial charge is 0.306 e. The minimum Gasteiger partial charge on any atom is -0.481 e. The van der Waals surface area contributed by atoms with Gasteiger partial charge in [-0.2, -0.15) is 0 Å². The molecule has 0 saturated carbocycles. The Morgan fingerprint density at radius 2 is 0.465 bits per heavy atom. The van der Waals surface area contributed by atoms with Crippen molar-refractivity contribution in [3.63, 3.8) is 0 Å². The molecule has 1 unspecified atom stereocenters. The summed E-state index contributed by atoms with van der Waals surface area (Å²) in [6, 6.07) is 0. The number of carbonyl (C=O) groups is 8. The van der Waals surface area contributed by atoms with Crippen LogP contribution in [0.15, 0.2) is 0 Å². The molecule has 0 aliphatic carbocycles. The summed E-state index contributed by atoms with van der Waals surface area (Å²) in [7, 11) is 0. The molecule has 0 amide bonds. The first-order valence-corrected chi connectivity index (χ1v) is 41.7. The maximum absolute atomic E-state index is 12.5. The van der Waals surface area contributed by atoms with Gasteiger partial charge in [0.15, 0.2) is 6.10 Å². The van der Waals surface area contributed by atoms with Crippen LogP contribution in [-0.4, -0.2) is 95.1 Å². The van der Waals surface area contributed by atoms with Gasteiger partial charge in [0, 0.05) is 51.4 Å². The highest BCUT2D eigenvalue weighted by atomic mass is 35.5. The molecule has 0 aromatic heterocycles. The third-order valence-corrected chi connectivity index (χ3v) is 18.3. The van der Waals surface area contributed by atoms with Crippen LogP contribution < -0.4 is 0 Å². The molecule has 0 bridgehead atoms. The summed E-state index contributed by atoms with van der Waals surface area (Å²) < 4.78 is 26.5. The number of ether oxygens (including phenoxy) is 5. The van der Waals surface area contributed by atoms with Crippen LogP contribution in [0.5, 0.6) is 0 Å². The molecule has 15 nitrogen and oxygen atoms in total. The lowest BCUT2D eigenvalue weighted by atomic mass is 10.0. The lowest BCUT2D eigenvalue weighted by Crippen LogP contribution is -2.31. The fourth-order valence-electron chi connectivity index (χ4n) is 11.9. The molecule has 99 heavy (non-hydrogen) atoms. The number of aliphatic carboxylic acids is 1. The molecule has 0 heterocycles. The van der Waals surface area contributed by atoms with Crippen LogP contribution >= 0.6 is 23.2 Å². The van der Waals surface area contributed by atoms with Gasteiger partial charge in [-0.25, -0.2) is 0 Å². The van der Waals surface area contributed by atoms with Crippen LogP contribution in [0.3, 0.4) is 0 Å². The van der Waals surface area contributed by atoms with Gasteiger partial charge in [-0.15, -0.1) is 0 Å². The van der Waals surface area contributed by atoms with E-state index in [1.54, 1.807) is 13.8 Å². The van der Waals surface area contributed by atoms with Crippen molar-refractivity contribution in [2.45, 2.75) is 439 Å². The highest BCUT2D eigenvalue weighted by Gasteiger charge is 2.22. The Bertz CT molecular complexity index is 1740. The topological polar surface area (TPSA) is 223 Å². The lowest BCUT2D eigenvalue weighted by molar-refractivity contribution is -0.167. The number of aliphatic hydroxyl groups is 1. The average Bonchev–Trinajstić information content (AvgIpc) is 2.02. The molecule has 0 aliphatic heterocycles. The Hall–Kier alpha value is -3.30. The molecule has 0 fully saturated rings. The highest BCUT2D eigenvalue weighted by molar-refractivity contribution is 6.64. The van der Waals surface area contributed by atoms with Crippen LogP contribution in [0.25, 0.3) is 0 Å². The number of esters is 5. The largest absolute Gasteiger partial charge is 0.481 e. The molecule has 0 aromatic rings. The summed E-state index contributed by atoms with van der Waals surface area (Å²) in [4.78, 5) is 92.5. The Labute approximate surface area is 615 Å². The summed E-state index contributed by atoms with van der Waals surface area (Å²) in [5, 5.41) is 18.1. The quantitative estimate of drug-likeness (QED) is 0.0250. The van der Waals surface area contributed by atoms with Crippen LogP contribution in [0.2, 0.25) is 0 Å². The van der Waals surface area contributed by atoms with Gasteiger partial charge in [0.05, 0.1) is 0 Å². The predicted octanol–water partition coefficient (Wildman–Crippen LogP) is 23.8. The van der Waals surface area contributed by atoms with Crippen molar-refractivity contribution in [2.24, 2.45) is 11.8 Å². The van der Waals surface area contributed by atoms with Crippen molar-refractivity contribution in [2.75, 3.05) is 26.4 Å². The number of aliphatic hydroxyl groups excluding tert-OH is 1. The van der Waals surface area contributed by atoms with Gasteiger partial charge in [-0.3, -0.25) is 38.4 Å². The second-order valence-corrected chi connectivity index (χ2v) is 29.4. The third-order valence-electron chi connectivity index (χ3n) is 18.0. The van der Waals surface area contributed by atoms with Crippen molar-refractivity contribution in [3.8, 4) is 0 Å². The van der Waals surface area contributed by atoms with Gasteiger partial charge in [0.25, 0.3) is 0 Å². The summed E-state index contributed by atoms with van der Waals surface area (Å²) in [6.07, 6.45) is 64.6. The van der Waals surface area contributed by atoms with Crippen molar-refractivity contribution in [3.05, 3.63) is 0 Å². The highest BCUT2D eigenvalue weighted by Crippen LogP contribution is 2.19. The molecule has 2 N–H and O–H groups in total. The van der Waals surface area contributed by atoms with Gasteiger partial charge in [0.1, 0.15) is 32.5 Å². The number of carboxylic acid groups (broad SMARTS) is 1. The molecular weight excluding hydrogens is 1300 g/mol. The number of carboxylic acids is 1. The predicted molar refractivity (Wildman–Crippen MR) is 407 cm³/mol. The number of hydrogen-bond donors (Lipinski definition) is 2. The summed E-state index contributed by atoms with van der Waals surface area (Å²) in [5.74, 6) is -3.30. The van der Waals surface area contributed by atoms with Gasteiger partial charge in [-0.05, 0) is 60.7 Å². The monoisotopic (exact) mass is 1450 g/mol. The van der Waals surface area contributed by atoms with E-state index >= 15 is 0 Å². The van der Waals surface area contributed by atoms with E-state index in [0.717, 1.165) is 64.2 Å². The SMILES string of the molecule is CC(CC(=O)Cl)CC(=O)Cl.CCCCCCCCCCCCCCCC(=O)OCC(COC(=O)CCCCCCCCCCCCCCC)OC(=O)CC(C)CC(=O)O.CCCCCCCCCCCCCCCC(=O)OCC(O)COC(=O)CCCCCCCCCCCCCCC. The van der Waals surface area contributed by atoms with Gasteiger partial charge < -0.3 is 33.9 Å². The second kappa shape index (κ2) is 80.4. The summed E-state index contributed by atoms with van der Waals surface area (Å²) >= 11 is 10.1. The van der Waals surface area contributed by atoms with E-state index in [1.807, 2.05) is 0 Å². The zero-order valence-corrected chi connectivity index (χ0v) is 66.0. The first kappa shape index (κ1) is 99.9. The zero-order chi connectivity index (χ0) is 73.7. The van der Waals surface area contributed by atoms with E-state index in [-0.39, 0.29) is 81.9 Å². The zero-order valence-electron chi connectivity index (χ0n) is 64.5. The lowest BCUT2D eigenvalue weighted by Gasteiger charge is -2.19. The molecule has 1 atom stereocenters. The Kier molecular flexibility index (Phi) is 81.1. The van der Waals surface area contributed by atoms with E-state index in [2.05, 4.69) is 27.7 Å². The first-order valence-electron chi connectivity index (χ1n) is 41.0. The Morgan fingerprint density at radius 1 is 0.273 bits per heavy atom. The van der Waals surface area contributed by atoms with Gasteiger partial charge in [-0.1, -0.05) is 350 Å². The van der Waals surface area contributed by atoms with Crippen LogP contribution in [0.4, 0.5) is 0 Å². The van der Waals surface area contributed by atoms with E-state index < -0.39 is 40.5 Å². The molecule has 0 aliphatic rings. The van der Waals surface area contributed by atoms with Gasteiger partial charge in [0.2, 0.25) is 10.5 Å². The number of carbonyl (C=O) groups excluding carboxylic acids is 7. The molecule has 584 valence electrons. The van der Waals surface area contributed by atoms with Crippen LogP contribution in [0.1, 0.15) is 427 Å². The second-order valence-electron chi connectivity index (χ2n) is 28.6. The van der Waals surface area contributed by atoms with E-state index in [9.17, 15) is 43.5 Å². The van der Waals surface area contributed by atoms with Crippen molar-refractivity contribution in [1.82, 2.24) is 0 Å². The number of hydrogen-bond acceptors (Lipinski definition) is 14. The molecule has 0 spiro atoms. The number of halogens is 2. The Balaban J connectivity index is -0.00000165. The first-order chi connectivity index (χ1) is 47.9. The average molecular weight is 1450 g/mol. The fourth-order valence-corrected chi connectivity index (χ4v) is 12.4. The molecular formula is C82H152Cl2O15. The van der Waals surface area contributed by atoms with E-state index in [0.29, 0.717) is 25.7 Å². The maximum Gasteiger partial charge on any atom is 0.306 e. The van der Waals surface area contributed by atoms with Crippen molar-refractivity contribution in [1.29, 1.82) is 0 Å². The number of rotatable bonds is 73. The summed E-state index contributed by atoms with van der Waals surface area (Å²) in [6.45, 7) is 11.8. The normalized spacial score (nSPS) is 11.4. The molecule has 0 aromatic carbocycles. The van der Waals surface area contributed by atoms with Crippen LogP contribution in [-0.2, 0) is 62.0 Å². The molecule has 0 radical (unpaired) electrons. The molecule has 0 rings (SSSR count). The van der Waals surface area contributed by atoms with E-state index in [1.165, 1.54) is 270 Å². The summed E-state index contributed by atoms with van der Waals surface area (Å²) in [5.41, 5.74) is 0. The molecule has 17 heteroatoms. The fraction of sp³-hybridized carbons (Fsp3) is 0.902. The van der Waals surface area contributed by atoms with E-state index in [4.69, 9.17) is 52.0 Å². The van der Waals surface area contributed by atoms with Crippen molar-refractivity contribution >= 4 is 69.5 Å². The van der Waals surface area contributed by atoms with Crippen LogP contribution in [0, 0.1) is 11.8 Å². The number of unbranched alkanes of at least 4 members (excludes halogenated alkanes) is 48. The maximum atomic E-state index is 12.5. The minimum atomic E-state index is -0.985. The standard InChI is InChI=1S/C41H76O8.C35H68O5.C6H8Cl2O2/c1-4-6-8-10-12-14-16-18-20-22-24-26-28-30-39(44)47-34-37(49-41(46)33-36(3)32-38(42)43)35-48-40(45)31-29-27-25-23-21-19-17-15-13-11-9-7-5-2;1-3-5-7-9-11-13-15-17-19-21-23-25-27-29-34(37)39-31-33(36)32-40-35(38)30-28-26-24-22-20-18-16-14-12-10-8-6-4-2;1-4(2-5(7)9)3-6(8)10/h36-37H,4-35H2,1-3H3,(H,42,43);33,36H,3-32H2,1-2H3;4H,2-3H2,1H3. The molecule has 0 saturated heterocycles. The third kappa shape index (κ3) is 87.0. The minimum absolute atomic E-state index is 0.0463. The Morgan fingerprint density at radius 3 is 0.667 bits per heavy atom. The van der Waals surface area contributed by atoms with Crippen molar-refractivity contribution < 1.29 is 72.3 Å².